The lowest BCUT2D eigenvalue weighted by Crippen LogP contribution is -2.46. The quantitative estimate of drug-likeness (QED) is 0.766. The fraction of sp³-hybridized carbons (Fsp3) is 0.700. The number of carbonyl (C=O) groups excluding carboxylic acids is 1. The largest absolute Gasteiger partial charge is 0.433 e. The van der Waals surface area contributed by atoms with Crippen molar-refractivity contribution in [2.75, 3.05) is 45.8 Å². The Labute approximate surface area is 182 Å². The monoisotopic (exact) mass is 449 g/mol. The number of aromatic nitrogens is 1. The molecule has 2 saturated heterocycles. The Morgan fingerprint density at radius 2 is 1.87 bits per heavy atom. The Morgan fingerprint density at radius 1 is 1.13 bits per heavy atom. The van der Waals surface area contributed by atoms with Crippen molar-refractivity contribution in [1.29, 1.82) is 0 Å². The van der Waals surface area contributed by atoms with E-state index < -0.39 is 11.9 Å². The van der Waals surface area contributed by atoms with Crippen molar-refractivity contribution in [3.05, 3.63) is 29.6 Å². The molecule has 0 aliphatic carbocycles. The summed E-state index contributed by atoms with van der Waals surface area (Å²) in [5.41, 5.74) is -0.0356. The molecule has 3 heterocycles. The van der Waals surface area contributed by atoms with Gasteiger partial charge in [0.15, 0.2) is 0 Å². The first kappa shape index (κ1) is 24.7. The van der Waals surface area contributed by atoms with E-state index in [1.54, 1.807) is 0 Å². The van der Waals surface area contributed by atoms with Crippen LogP contribution in [0.25, 0.3) is 0 Å². The van der Waals surface area contributed by atoms with Crippen LogP contribution in [0.1, 0.15) is 37.4 Å². The molecule has 0 atom stereocenters. The summed E-state index contributed by atoms with van der Waals surface area (Å²) in [6.45, 7) is 8.48. The van der Waals surface area contributed by atoms with Crippen molar-refractivity contribution >= 4 is 18.4 Å². The molecule has 0 spiro atoms. The van der Waals surface area contributed by atoms with Gasteiger partial charge in [-0.25, -0.2) is 4.79 Å². The van der Waals surface area contributed by atoms with Gasteiger partial charge in [-0.05, 0) is 50.9 Å². The second-order valence-electron chi connectivity index (χ2n) is 7.77. The molecule has 1 N–H and O–H groups in total. The van der Waals surface area contributed by atoms with E-state index in [0.717, 1.165) is 70.2 Å². The molecule has 2 amide bonds. The van der Waals surface area contributed by atoms with Gasteiger partial charge >= 0.3 is 12.2 Å². The highest BCUT2D eigenvalue weighted by Gasteiger charge is 2.32. The van der Waals surface area contributed by atoms with Crippen molar-refractivity contribution in [2.24, 2.45) is 0 Å². The SMILES string of the molecule is CCNC(=O)N1CCCN(C2CCN(Cc3ccc(C(F)(F)F)nc3)CC2)CC1.Cl. The smallest absolute Gasteiger partial charge is 0.338 e. The molecule has 10 heteroatoms. The Balaban J connectivity index is 0.00000320. The molecule has 0 radical (unpaired) electrons. The first-order valence-electron chi connectivity index (χ1n) is 10.4. The van der Waals surface area contributed by atoms with E-state index in [0.29, 0.717) is 19.1 Å². The minimum absolute atomic E-state index is 0. The van der Waals surface area contributed by atoms with E-state index in [-0.39, 0.29) is 18.4 Å². The second kappa shape index (κ2) is 11.2. The lowest BCUT2D eigenvalue weighted by molar-refractivity contribution is -0.141. The van der Waals surface area contributed by atoms with Crippen molar-refractivity contribution in [3.63, 3.8) is 0 Å². The number of urea groups is 1. The predicted molar refractivity (Wildman–Crippen MR) is 112 cm³/mol. The summed E-state index contributed by atoms with van der Waals surface area (Å²) in [6.07, 6.45) is -0.00448. The highest BCUT2D eigenvalue weighted by atomic mass is 35.5. The Bertz CT molecular complexity index is 665. The maximum absolute atomic E-state index is 12.6. The molecule has 170 valence electrons. The number of carbonyl (C=O) groups is 1. The third-order valence-electron chi connectivity index (χ3n) is 5.74. The first-order valence-corrected chi connectivity index (χ1v) is 10.4. The maximum atomic E-state index is 12.6. The number of nitrogens with zero attached hydrogens (tertiary/aromatic N) is 4. The van der Waals surface area contributed by atoms with E-state index in [1.165, 1.54) is 12.3 Å². The number of rotatable bonds is 4. The summed E-state index contributed by atoms with van der Waals surface area (Å²) >= 11 is 0. The standard InChI is InChI=1S/C20H30F3N5O.ClH/c1-2-24-19(29)28-9-3-8-27(12-13-28)17-6-10-26(11-7-17)15-16-4-5-18(25-14-16)20(21,22)23;/h4-5,14,17H,2-3,6-13,15H2,1H3,(H,24,29);1H. The third kappa shape index (κ3) is 6.72. The van der Waals surface area contributed by atoms with Gasteiger partial charge in [-0.1, -0.05) is 6.07 Å². The molecular weight excluding hydrogens is 419 g/mol. The van der Waals surface area contributed by atoms with E-state index in [1.807, 2.05) is 11.8 Å². The van der Waals surface area contributed by atoms with Gasteiger partial charge < -0.3 is 10.2 Å². The number of hydrogen-bond donors (Lipinski definition) is 1. The van der Waals surface area contributed by atoms with Crippen LogP contribution in [-0.4, -0.2) is 77.6 Å². The van der Waals surface area contributed by atoms with E-state index in [9.17, 15) is 18.0 Å². The van der Waals surface area contributed by atoms with Gasteiger partial charge in [0.1, 0.15) is 5.69 Å². The van der Waals surface area contributed by atoms with Crippen molar-refractivity contribution in [2.45, 2.75) is 44.9 Å². The van der Waals surface area contributed by atoms with E-state index in [2.05, 4.69) is 20.1 Å². The highest BCUT2D eigenvalue weighted by molar-refractivity contribution is 5.85. The Morgan fingerprint density at radius 3 is 2.47 bits per heavy atom. The molecule has 0 saturated carbocycles. The van der Waals surface area contributed by atoms with Crippen LogP contribution in [0.15, 0.2) is 18.3 Å². The zero-order chi connectivity index (χ0) is 20.9. The van der Waals surface area contributed by atoms with Crippen LogP contribution in [0, 0.1) is 0 Å². The normalized spacial score (nSPS) is 19.8. The number of alkyl halides is 3. The van der Waals surface area contributed by atoms with Crippen molar-refractivity contribution < 1.29 is 18.0 Å². The van der Waals surface area contributed by atoms with Gasteiger partial charge in [0.25, 0.3) is 0 Å². The topological polar surface area (TPSA) is 51.7 Å². The third-order valence-corrected chi connectivity index (χ3v) is 5.74. The molecule has 6 nitrogen and oxygen atoms in total. The average molecular weight is 450 g/mol. The molecule has 2 fully saturated rings. The van der Waals surface area contributed by atoms with Crippen LogP contribution in [0.2, 0.25) is 0 Å². The molecule has 0 bridgehead atoms. The fourth-order valence-electron chi connectivity index (χ4n) is 4.16. The minimum atomic E-state index is -4.39. The molecule has 0 aromatic carbocycles. The summed E-state index contributed by atoms with van der Waals surface area (Å²) in [7, 11) is 0. The number of piperidine rings is 1. The molecule has 30 heavy (non-hydrogen) atoms. The number of pyridine rings is 1. The van der Waals surface area contributed by atoms with Crippen LogP contribution in [-0.2, 0) is 12.7 Å². The van der Waals surface area contributed by atoms with Crippen molar-refractivity contribution in [3.8, 4) is 0 Å². The van der Waals surface area contributed by atoms with Gasteiger partial charge in [-0.2, -0.15) is 13.2 Å². The van der Waals surface area contributed by atoms with Crippen LogP contribution >= 0.6 is 12.4 Å². The van der Waals surface area contributed by atoms with Crippen LogP contribution in [0.5, 0.6) is 0 Å². The summed E-state index contributed by atoms with van der Waals surface area (Å²) < 4.78 is 37.9. The van der Waals surface area contributed by atoms with Crippen LogP contribution < -0.4 is 5.32 Å². The zero-order valence-corrected chi connectivity index (χ0v) is 18.1. The molecule has 2 aliphatic heterocycles. The molecule has 3 rings (SSSR count). The lowest BCUT2D eigenvalue weighted by Gasteiger charge is -2.38. The molecule has 1 aromatic heterocycles. The number of likely N-dealkylation sites (tertiary alicyclic amines) is 1. The Kier molecular flexibility index (Phi) is 9.18. The highest BCUT2D eigenvalue weighted by Crippen LogP contribution is 2.27. The summed E-state index contributed by atoms with van der Waals surface area (Å²) in [5, 5.41) is 2.87. The number of nitrogens with one attached hydrogen (secondary N) is 1. The molecule has 2 aliphatic rings. The average Bonchev–Trinajstić information content (AvgIpc) is 2.95. The molecular formula is C20H31ClF3N5O. The van der Waals surface area contributed by atoms with Gasteiger partial charge in [0.05, 0.1) is 0 Å². The lowest BCUT2D eigenvalue weighted by atomic mass is 10.0. The van der Waals surface area contributed by atoms with Gasteiger partial charge in [-0.15, -0.1) is 12.4 Å². The maximum Gasteiger partial charge on any atom is 0.433 e. The number of amides is 2. The minimum Gasteiger partial charge on any atom is -0.338 e. The second-order valence-corrected chi connectivity index (χ2v) is 7.77. The summed E-state index contributed by atoms with van der Waals surface area (Å²) in [4.78, 5) is 22.3. The Hall–Kier alpha value is -1.58. The predicted octanol–water partition coefficient (Wildman–Crippen LogP) is 3.22. The number of hydrogen-bond acceptors (Lipinski definition) is 4. The summed E-state index contributed by atoms with van der Waals surface area (Å²) in [5.74, 6) is 0. The number of halogens is 4. The zero-order valence-electron chi connectivity index (χ0n) is 17.3. The summed E-state index contributed by atoms with van der Waals surface area (Å²) in [6, 6.07) is 3.10. The van der Waals surface area contributed by atoms with Gasteiger partial charge in [0, 0.05) is 51.5 Å². The van der Waals surface area contributed by atoms with Gasteiger partial charge in [0.2, 0.25) is 0 Å². The fourth-order valence-corrected chi connectivity index (χ4v) is 4.16. The van der Waals surface area contributed by atoms with E-state index >= 15 is 0 Å². The molecule has 0 unspecified atom stereocenters. The van der Waals surface area contributed by atoms with Crippen LogP contribution in [0.3, 0.4) is 0 Å². The van der Waals surface area contributed by atoms with Crippen LogP contribution in [0.4, 0.5) is 18.0 Å². The molecule has 1 aromatic rings. The van der Waals surface area contributed by atoms with Gasteiger partial charge in [-0.3, -0.25) is 14.8 Å². The first-order chi connectivity index (χ1) is 13.9. The van der Waals surface area contributed by atoms with E-state index in [4.69, 9.17) is 0 Å². The van der Waals surface area contributed by atoms with Crippen molar-refractivity contribution in [1.82, 2.24) is 25.0 Å².